The highest BCUT2D eigenvalue weighted by atomic mass is 16.5. The van der Waals surface area contributed by atoms with Gasteiger partial charge in [0.1, 0.15) is 0 Å². The summed E-state index contributed by atoms with van der Waals surface area (Å²) < 4.78 is 10.4. The topological polar surface area (TPSA) is 60.5 Å². The Hall–Kier alpha value is -1.78. The third-order valence-electron chi connectivity index (χ3n) is 3.67. The third-order valence-corrected chi connectivity index (χ3v) is 3.67. The van der Waals surface area contributed by atoms with Crippen LogP contribution in [0.3, 0.4) is 0 Å². The van der Waals surface area contributed by atoms with E-state index >= 15 is 0 Å². The van der Waals surface area contributed by atoms with Crippen LogP contribution in [0.2, 0.25) is 0 Å². The van der Waals surface area contributed by atoms with Crippen LogP contribution < -0.4 is 10.1 Å². The van der Waals surface area contributed by atoms with E-state index in [1.54, 1.807) is 6.20 Å². The van der Waals surface area contributed by atoms with Crippen molar-refractivity contribution in [1.29, 1.82) is 0 Å². The molecule has 1 aromatic rings. The molecular weight excluding hydrogens is 256 g/mol. The number of aromatic nitrogens is 1. The van der Waals surface area contributed by atoms with Crippen LogP contribution in [0.4, 0.5) is 5.82 Å². The van der Waals surface area contributed by atoms with Crippen molar-refractivity contribution in [2.75, 3.05) is 19.0 Å². The zero-order valence-electron chi connectivity index (χ0n) is 12.1. The fraction of sp³-hybridized carbons (Fsp3) is 0.600. The highest BCUT2D eigenvalue weighted by molar-refractivity contribution is 5.72. The minimum Gasteiger partial charge on any atom is -0.490 e. The number of carbonyl (C=O) groups is 1. The second-order valence-corrected chi connectivity index (χ2v) is 5.00. The molecule has 1 aliphatic carbocycles. The van der Waals surface area contributed by atoms with Gasteiger partial charge >= 0.3 is 5.97 Å². The van der Waals surface area contributed by atoms with Gasteiger partial charge in [0, 0.05) is 12.2 Å². The van der Waals surface area contributed by atoms with E-state index in [2.05, 4.69) is 10.3 Å². The summed E-state index contributed by atoms with van der Waals surface area (Å²) in [4.78, 5) is 15.8. The molecule has 0 atom stereocenters. The number of hydrogen-bond acceptors (Lipinski definition) is 5. The molecule has 0 saturated heterocycles. The molecule has 1 heterocycles. The Bertz CT molecular complexity index is 442. The zero-order valence-corrected chi connectivity index (χ0v) is 12.1. The van der Waals surface area contributed by atoms with Crippen LogP contribution in [0, 0.1) is 5.92 Å². The highest BCUT2D eigenvalue weighted by Crippen LogP contribution is 2.29. The van der Waals surface area contributed by atoms with Crippen molar-refractivity contribution in [3.8, 4) is 5.75 Å². The Morgan fingerprint density at radius 2 is 2.15 bits per heavy atom. The van der Waals surface area contributed by atoms with E-state index in [9.17, 15) is 4.79 Å². The lowest BCUT2D eigenvalue weighted by molar-refractivity contribution is -0.146. The Kier molecular flexibility index (Phi) is 5.21. The van der Waals surface area contributed by atoms with E-state index in [0.29, 0.717) is 12.6 Å². The molecule has 1 aliphatic rings. The summed E-state index contributed by atoms with van der Waals surface area (Å²) in [6.45, 7) is 2.58. The summed E-state index contributed by atoms with van der Waals surface area (Å²) in [5, 5.41) is 3.42. The molecule has 0 amide bonds. The molecule has 5 heteroatoms. The lowest BCUT2D eigenvalue weighted by atomic mass is 9.86. The molecule has 0 bridgehead atoms. The first-order valence-electron chi connectivity index (χ1n) is 7.16. The van der Waals surface area contributed by atoms with Gasteiger partial charge in [-0.25, -0.2) is 4.98 Å². The lowest BCUT2D eigenvalue weighted by Crippen LogP contribution is -2.30. The van der Waals surface area contributed by atoms with Gasteiger partial charge in [0.15, 0.2) is 11.6 Å². The molecule has 0 spiro atoms. The average Bonchev–Trinajstić information content (AvgIpc) is 2.49. The van der Waals surface area contributed by atoms with Crippen LogP contribution in [0.15, 0.2) is 18.3 Å². The average molecular weight is 278 g/mol. The Morgan fingerprint density at radius 1 is 1.40 bits per heavy atom. The number of anilines is 1. The van der Waals surface area contributed by atoms with E-state index in [-0.39, 0.29) is 11.9 Å². The number of esters is 1. The summed E-state index contributed by atoms with van der Waals surface area (Å²) >= 11 is 0. The van der Waals surface area contributed by atoms with Crippen molar-refractivity contribution in [2.45, 2.75) is 38.6 Å². The maximum atomic E-state index is 11.5. The van der Waals surface area contributed by atoms with Crippen molar-refractivity contribution in [3.63, 3.8) is 0 Å². The molecule has 1 saturated carbocycles. The molecule has 0 unspecified atom stereocenters. The summed E-state index contributed by atoms with van der Waals surface area (Å²) in [6.07, 6.45) is 5.37. The van der Waals surface area contributed by atoms with Gasteiger partial charge in [-0.2, -0.15) is 0 Å². The third kappa shape index (κ3) is 3.62. The monoisotopic (exact) mass is 278 g/mol. The molecule has 2 rings (SSSR count). The normalized spacial score (nSPS) is 22.1. The minimum atomic E-state index is -0.0868. The number of methoxy groups -OCH3 is 1. The Balaban J connectivity index is 1.91. The van der Waals surface area contributed by atoms with Gasteiger partial charge in [0.05, 0.1) is 19.6 Å². The molecule has 20 heavy (non-hydrogen) atoms. The predicted molar refractivity (Wildman–Crippen MR) is 76.8 cm³/mol. The summed E-state index contributed by atoms with van der Waals surface area (Å²) in [5.74, 6) is 1.53. The largest absolute Gasteiger partial charge is 0.490 e. The van der Waals surface area contributed by atoms with Crippen molar-refractivity contribution >= 4 is 11.8 Å². The van der Waals surface area contributed by atoms with Gasteiger partial charge in [-0.1, -0.05) is 0 Å². The van der Waals surface area contributed by atoms with Crippen LogP contribution in [0.5, 0.6) is 5.75 Å². The number of carbonyl (C=O) groups excluding carboxylic acids is 1. The molecule has 0 aliphatic heterocycles. The zero-order chi connectivity index (χ0) is 14.4. The van der Waals surface area contributed by atoms with Gasteiger partial charge in [-0.05, 0) is 44.7 Å². The molecule has 0 aromatic carbocycles. The molecule has 110 valence electrons. The summed E-state index contributed by atoms with van der Waals surface area (Å²) in [5.41, 5.74) is 0. The second-order valence-electron chi connectivity index (χ2n) is 5.00. The SMILES string of the molecule is CCOc1cccnc1NC1CCC(C(=O)OC)CC1. The van der Waals surface area contributed by atoms with E-state index in [4.69, 9.17) is 9.47 Å². The molecular formula is C15H22N2O3. The van der Waals surface area contributed by atoms with Gasteiger partial charge in [0.25, 0.3) is 0 Å². The van der Waals surface area contributed by atoms with Gasteiger partial charge in [0.2, 0.25) is 0 Å². The van der Waals surface area contributed by atoms with E-state index < -0.39 is 0 Å². The van der Waals surface area contributed by atoms with E-state index in [1.807, 2.05) is 19.1 Å². The van der Waals surface area contributed by atoms with Crippen molar-refractivity contribution in [3.05, 3.63) is 18.3 Å². The first-order valence-corrected chi connectivity index (χ1v) is 7.16. The maximum absolute atomic E-state index is 11.5. The Morgan fingerprint density at radius 3 is 2.80 bits per heavy atom. The van der Waals surface area contributed by atoms with Crippen LogP contribution in [0.25, 0.3) is 0 Å². The molecule has 1 fully saturated rings. The van der Waals surface area contributed by atoms with Crippen LogP contribution in [-0.4, -0.2) is 30.7 Å². The highest BCUT2D eigenvalue weighted by Gasteiger charge is 2.27. The quantitative estimate of drug-likeness (QED) is 0.839. The number of hydrogen-bond donors (Lipinski definition) is 1. The number of ether oxygens (including phenoxy) is 2. The minimum absolute atomic E-state index is 0.0492. The van der Waals surface area contributed by atoms with Gasteiger partial charge < -0.3 is 14.8 Å². The first-order chi connectivity index (χ1) is 9.74. The lowest BCUT2D eigenvalue weighted by Gasteiger charge is -2.28. The van der Waals surface area contributed by atoms with E-state index in [0.717, 1.165) is 37.3 Å². The predicted octanol–water partition coefficient (Wildman–Crippen LogP) is 2.62. The smallest absolute Gasteiger partial charge is 0.308 e. The fourth-order valence-corrected chi connectivity index (χ4v) is 2.60. The standard InChI is InChI=1S/C15H22N2O3/c1-3-20-13-5-4-10-16-14(13)17-12-8-6-11(7-9-12)15(18)19-2/h4-5,10-12H,3,6-9H2,1-2H3,(H,16,17). The van der Waals surface area contributed by atoms with Crippen molar-refractivity contribution in [1.82, 2.24) is 4.98 Å². The number of pyridine rings is 1. The first kappa shape index (κ1) is 14.6. The molecule has 1 aromatic heterocycles. The van der Waals surface area contributed by atoms with Crippen LogP contribution in [0.1, 0.15) is 32.6 Å². The van der Waals surface area contributed by atoms with Crippen molar-refractivity contribution in [2.24, 2.45) is 5.92 Å². The summed E-state index contributed by atoms with van der Waals surface area (Å²) in [7, 11) is 1.45. The molecule has 5 nitrogen and oxygen atoms in total. The summed E-state index contributed by atoms with van der Waals surface area (Å²) in [6, 6.07) is 4.12. The number of nitrogens with zero attached hydrogens (tertiary/aromatic N) is 1. The number of rotatable bonds is 5. The second kappa shape index (κ2) is 7.12. The van der Waals surface area contributed by atoms with Crippen LogP contribution in [-0.2, 0) is 9.53 Å². The van der Waals surface area contributed by atoms with E-state index in [1.165, 1.54) is 7.11 Å². The van der Waals surface area contributed by atoms with Gasteiger partial charge in [-0.3, -0.25) is 4.79 Å². The Labute approximate surface area is 119 Å². The van der Waals surface area contributed by atoms with Gasteiger partial charge in [-0.15, -0.1) is 0 Å². The maximum Gasteiger partial charge on any atom is 0.308 e. The molecule has 0 radical (unpaired) electrons. The van der Waals surface area contributed by atoms with Crippen LogP contribution >= 0.6 is 0 Å². The molecule has 1 N–H and O–H groups in total. The number of nitrogens with one attached hydrogen (secondary N) is 1. The fourth-order valence-electron chi connectivity index (χ4n) is 2.60. The van der Waals surface area contributed by atoms with Crippen molar-refractivity contribution < 1.29 is 14.3 Å².